The van der Waals surface area contributed by atoms with Crippen LogP contribution in [0.2, 0.25) is 0 Å². The number of benzene rings is 1. The maximum absolute atomic E-state index is 5.66. The van der Waals surface area contributed by atoms with Gasteiger partial charge in [-0.25, -0.2) is 15.0 Å². The Bertz CT molecular complexity index is 1080. The Labute approximate surface area is 163 Å². The van der Waals surface area contributed by atoms with Crippen molar-refractivity contribution in [1.82, 2.24) is 19.9 Å². The van der Waals surface area contributed by atoms with Gasteiger partial charge in [-0.15, -0.1) is 0 Å². The number of nitrogens with one attached hydrogen (secondary N) is 1. The first-order valence-electron chi connectivity index (χ1n) is 9.33. The number of hydrogen-bond acceptors (Lipinski definition) is 6. The van der Waals surface area contributed by atoms with Gasteiger partial charge in [0.05, 0.1) is 12.1 Å². The van der Waals surface area contributed by atoms with Gasteiger partial charge in [-0.05, 0) is 55.3 Å². The second kappa shape index (κ2) is 8.00. The molecule has 0 aliphatic carbocycles. The van der Waals surface area contributed by atoms with Gasteiger partial charge < -0.3 is 10.1 Å². The fourth-order valence-electron chi connectivity index (χ4n) is 2.91. The van der Waals surface area contributed by atoms with Crippen LogP contribution in [0.1, 0.15) is 19.4 Å². The maximum atomic E-state index is 5.66. The van der Waals surface area contributed by atoms with Gasteiger partial charge in [0.25, 0.3) is 0 Å². The van der Waals surface area contributed by atoms with E-state index in [0.717, 1.165) is 34.5 Å². The van der Waals surface area contributed by atoms with Crippen molar-refractivity contribution in [2.75, 3.05) is 11.9 Å². The maximum Gasteiger partial charge on any atom is 0.163 e. The van der Waals surface area contributed by atoms with E-state index in [1.807, 2.05) is 49.5 Å². The molecule has 6 nitrogen and oxygen atoms in total. The number of rotatable bonds is 6. The molecule has 1 N–H and O–H groups in total. The Morgan fingerprint density at radius 3 is 2.64 bits per heavy atom. The lowest BCUT2D eigenvalue weighted by Gasteiger charge is -2.12. The fraction of sp³-hybridized carbons (Fsp3) is 0.182. The second-order valence-corrected chi connectivity index (χ2v) is 6.28. The lowest BCUT2D eigenvalue weighted by atomic mass is 10.2. The van der Waals surface area contributed by atoms with Crippen LogP contribution >= 0.6 is 0 Å². The molecule has 28 heavy (non-hydrogen) atoms. The fourth-order valence-corrected chi connectivity index (χ4v) is 2.91. The summed E-state index contributed by atoms with van der Waals surface area (Å²) in [6, 6.07) is 13.7. The molecule has 0 saturated carbocycles. The number of ether oxygens (including phenoxy) is 1. The molecule has 3 heterocycles. The first-order chi connectivity index (χ1) is 13.8. The minimum Gasteiger partial charge on any atom is -0.494 e. The lowest BCUT2D eigenvalue weighted by Crippen LogP contribution is -2.01. The monoisotopic (exact) mass is 371 g/mol. The first-order valence-corrected chi connectivity index (χ1v) is 9.33. The number of aromatic nitrogens is 4. The molecule has 6 heteroatoms. The van der Waals surface area contributed by atoms with Gasteiger partial charge in [0.1, 0.15) is 17.4 Å². The van der Waals surface area contributed by atoms with Crippen molar-refractivity contribution in [1.29, 1.82) is 0 Å². The quantitative estimate of drug-likeness (QED) is 0.525. The van der Waals surface area contributed by atoms with Crippen LogP contribution in [0.5, 0.6) is 5.75 Å². The largest absolute Gasteiger partial charge is 0.494 e. The van der Waals surface area contributed by atoms with Crippen LogP contribution in [-0.4, -0.2) is 26.5 Å². The molecule has 0 atom stereocenters. The summed E-state index contributed by atoms with van der Waals surface area (Å²) in [5.41, 5.74) is 2.87. The van der Waals surface area contributed by atoms with Crippen LogP contribution in [0.3, 0.4) is 0 Å². The van der Waals surface area contributed by atoms with Crippen LogP contribution in [0.25, 0.3) is 22.3 Å². The summed E-state index contributed by atoms with van der Waals surface area (Å²) in [6.07, 6.45) is 6.32. The Kier molecular flexibility index (Phi) is 5.10. The third kappa shape index (κ3) is 3.76. The molecule has 0 saturated heterocycles. The molecule has 4 rings (SSSR count). The number of anilines is 2. The van der Waals surface area contributed by atoms with E-state index in [1.165, 1.54) is 5.56 Å². The van der Waals surface area contributed by atoms with Crippen molar-refractivity contribution in [2.24, 2.45) is 0 Å². The Hall–Kier alpha value is -3.54. The molecule has 140 valence electrons. The minimum absolute atomic E-state index is 0.600. The van der Waals surface area contributed by atoms with Crippen LogP contribution in [0.15, 0.2) is 61.1 Å². The van der Waals surface area contributed by atoms with Crippen LogP contribution in [0.4, 0.5) is 11.6 Å². The summed E-state index contributed by atoms with van der Waals surface area (Å²) in [6.45, 7) is 4.67. The normalized spacial score (nSPS) is 10.8. The van der Waals surface area contributed by atoms with Crippen molar-refractivity contribution in [2.45, 2.75) is 20.3 Å². The Morgan fingerprint density at radius 2 is 1.93 bits per heavy atom. The molecule has 4 aromatic rings. The van der Waals surface area contributed by atoms with E-state index in [9.17, 15) is 0 Å². The zero-order valence-corrected chi connectivity index (χ0v) is 15.9. The van der Waals surface area contributed by atoms with Gasteiger partial charge >= 0.3 is 0 Å². The van der Waals surface area contributed by atoms with E-state index < -0.39 is 0 Å². The molecule has 0 bridgehead atoms. The van der Waals surface area contributed by atoms with Crippen molar-refractivity contribution in [3.05, 3.63) is 66.6 Å². The van der Waals surface area contributed by atoms with Gasteiger partial charge in [0.15, 0.2) is 5.82 Å². The summed E-state index contributed by atoms with van der Waals surface area (Å²) >= 11 is 0. The number of nitrogens with zero attached hydrogens (tertiary/aromatic N) is 4. The van der Waals surface area contributed by atoms with Crippen LogP contribution in [0, 0.1) is 0 Å². The summed E-state index contributed by atoms with van der Waals surface area (Å²) in [4.78, 5) is 18.1. The van der Waals surface area contributed by atoms with E-state index in [2.05, 4.69) is 28.3 Å². The Balaban J connectivity index is 1.82. The SMILES string of the molecule is CCOc1ccc2nc(-c3cccnc3)nc(Nc3ccc(CC)cn3)c2c1. The van der Waals surface area contributed by atoms with E-state index in [4.69, 9.17) is 14.7 Å². The molecule has 0 spiro atoms. The zero-order chi connectivity index (χ0) is 19.3. The molecule has 3 aromatic heterocycles. The second-order valence-electron chi connectivity index (χ2n) is 6.28. The molecule has 0 aliphatic rings. The third-order valence-electron chi connectivity index (χ3n) is 4.38. The van der Waals surface area contributed by atoms with Gasteiger partial charge in [-0.2, -0.15) is 0 Å². The van der Waals surface area contributed by atoms with Crippen LogP contribution < -0.4 is 10.1 Å². The van der Waals surface area contributed by atoms with Crippen molar-refractivity contribution < 1.29 is 4.74 Å². The highest BCUT2D eigenvalue weighted by atomic mass is 16.5. The van der Waals surface area contributed by atoms with Crippen molar-refractivity contribution in [3.8, 4) is 17.1 Å². The average molecular weight is 371 g/mol. The van der Waals surface area contributed by atoms with Crippen molar-refractivity contribution in [3.63, 3.8) is 0 Å². The molecular weight excluding hydrogens is 350 g/mol. The number of fused-ring (bicyclic) bond motifs is 1. The molecule has 0 fully saturated rings. The van der Waals surface area contributed by atoms with E-state index in [0.29, 0.717) is 18.2 Å². The molecule has 0 amide bonds. The highest BCUT2D eigenvalue weighted by molar-refractivity contribution is 5.93. The van der Waals surface area contributed by atoms with Gasteiger partial charge in [0.2, 0.25) is 0 Å². The molecule has 0 aliphatic heterocycles. The summed E-state index contributed by atoms with van der Waals surface area (Å²) < 4.78 is 5.66. The molecule has 1 aromatic carbocycles. The summed E-state index contributed by atoms with van der Waals surface area (Å²) in [5, 5.41) is 4.21. The third-order valence-corrected chi connectivity index (χ3v) is 4.38. The number of hydrogen-bond donors (Lipinski definition) is 1. The highest BCUT2D eigenvalue weighted by Crippen LogP contribution is 2.29. The van der Waals surface area contributed by atoms with Gasteiger partial charge in [-0.3, -0.25) is 4.98 Å². The predicted molar refractivity (Wildman–Crippen MR) is 111 cm³/mol. The predicted octanol–water partition coefficient (Wildman–Crippen LogP) is 4.79. The minimum atomic E-state index is 0.600. The Morgan fingerprint density at radius 1 is 1.00 bits per heavy atom. The molecule has 0 radical (unpaired) electrons. The van der Waals surface area contributed by atoms with E-state index in [-0.39, 0.29) is 0 Å². The van der Waals surface area contributed by atoms with E-state index in [1.54, 1.807) is 12.4 Å². The number of aryl methyl sites for hydroxylation is 1. The van der Waals surface area contributed by atoms with Gasteiger partial charge in [0, 0.05) is 29.5 Å². The van der Waals surface area contributed by atoms with Gasteiger partial charge in [-0.1, -0.05) is 13.0 Å². The zero-order valence-electron chi connectivity index (χ0n) is 15.9. The summed E-state index contributed by atoms with van der Waals surface area (Å²) in [7, 11) is 0. The topological polar surface area (TPSA) is 72.8 Å². The number of pyridine rings is 2. The van der Waals surface area contributed by atoms with E-state index >= 15 is 0 Å². The first kappa shape index (κ1) is 17.9. The smallest absolute Gasteiger partial charge is 0.163 e. The highest BCUT2D eigenvalue weighted by Gasteiger charge is 2.12. The average Bonchev–Trinajstić information content (AvgIpc) is 2.75. The standard InChI is InChI=1S/C22H21N5O/c1-3-15-7-10-20(24-13-15)26-22-18-12-17(28-4-2)8-9-19(18)25-21(27-22)16-6-5-11-23-14-16/h5-14H,3-4H2,1-2H3,(H,24,25,26,27). The van der Waals surface area contributed by atoms with Crippen LogP contribution in [-0.2, 0) is 6.42 Å². The van der Waals surface area contributed by atoms with Crippen molar-refractivity contribution >= 4 is 22.5 Å². The molecule has 0 unspecified atom stereocenters. The lowest BCUT2D eigenvalue weighted by molar-refractivity contribution is 0.340. The summed E-state index contributed by atoms with van der Waals surface area (Å²) in [5.74, 6) is 2.81. The molecular formula is C22H21N5O.